The number of nitro groups is 1. The third-order valence-corrected chi connectivity index (χ3v) is 4.99. The summed E-state index contributed by atoms with van der Waals surface area (Å²) in [6, 6.07) is 4.28. The van der Waals surface area contributed by atoms with Gasteiger partial charge < -0.3 is 15.5 Å². The van der Waals surface area contributed by atoms with E-state index in [-0.39, 0.29) is 17.6 Å². The Morgan fingerprint density at radius 3 is 2.62 bits per heavy atom. The Morgan fingerprint density at radius 2 is 2.08 bits per heavy atom. The Labute approximate surface area is 153 Å². The first-order valence-electron chi connectivity index (χ1n) is 8.91. The van der Waals surface area contributed by atoms with Crippen molar-refractivity contribution in [1.29, 1.82) is 0 Å². The number of amides is 1. The average molecular weight is 365 g/mol. The second kappa shape index (κ2) is 9.07. The smallest absolute Gasteiger partial charge is 0.269 e. The van der Waals surface area contributed by atoms with Gasteiger partial charge in [0.25, 0.3) is 5.69 Å². The molecule has 1 aliphatic rings. The molecular weight excluding hydrogens is 338 g/mol. The number of nitro benzene ring substituents is 1. The van der Waals surface area contributed by atoms with Gasteiger partial charge in [-0.05, 0) is 43.5 Å². The number of aliphatic hydroxyl groups excluding tert-OH is 2. The number of likely N-dealkylation sites (tertiary alicyclic amines) is 1. The van der Waals surface area contributed by atoms with E-state index in [1.54, 1.807) is 0 Å². The number of benzene rings is 1. The molecule has 0 saturated carbocycles. The van der Waals surface area contributed by atoms with E-state index in [0.717, 1.165) is 25.8 Å². The van der Waals surface area contributed by atoms with Gasteiger partial charge in [0, 0.05) is 18.7 Å². The molecular formula is C18H27N3O5. The van der Waals surface area contributed by atoms with Crippen LogP contribution < -0.4 is 5.32 Å². The normalized spacial score (nSPS) is 22.8. The zero-order chi connectivity index (χ0) is 19.3. The lowest BCUT2D eigenvalue weighted by Gasteiger charge is -2.26. The van der Waals surface area contributed by atoms with Crippen LogP contribution in [0.1, 0.15) is 37.9 Å². The summed E-state index contributed by atoms with van der Waals surface area (Å²) in [5.74, 6) is 0.263. The fourth-order valence-electron chi connectivity index (χ4n) is 3.56. The van der Waals surface area contributed by atoms with Crippen molar-refractivity contribution in [3.8, 4) is 0 Å². The molecule has 8 heteroatoms. The summed E-state index contributed by atoms with van der Waals surface area (Å²) in [5, 5.41) is 33.5. The Kier molecular flexibility index (Phi) is 7.07. The molecule has 0 bridgehead atoms. The van der Waals surface area contributed by atoms with Crippen LogP contribution in [0.25, 0.3) is 0 Å². The van der Waals surface area contributed by atoms with Crippen LogP contribution in [0.4, 0.5) is 5.69 Å². The maximum atomic E-state index is 12.6. The van der Waals surface area contributed by atoms with Gasteiger partial charge in [-0.2, -0.15) is 0 Å². The van der Waals surface area contributed by atoms with Crippen molar-refractivity contribution < 1.29 is 19.9 Å². The van der Waals surface area contributed by atoms with Gasteiger partial charge in [0.15, 0.2) is 0 Å². The van der Waals surface area contributed by atoms with Crippen molar-refractivity contribution in [2.75, 3.05) is 20.2 Å². The topological polar surface area (TPSA) is 116 Å². The summed E-state index contributed by atoms with van der Waals surface area (Å²) in [5.41, 5.74) is 0.318. The molecule has 1 aliphatic heterocycles. The lowest BCUT2D eigenvalue weighted by molar-refractivity contribution is -0.384. The van der Waals surface area contributed by atoms with Crippen molar-refractivity contribution in [3.63, 3.8) is 0 Å². The molecule has 1 aromatic carbocycles. The lowest BCUT2D eigenvalue weighted by Crippen LogP contribution is -2.49. The molecule has 1 saturated heterocycles. The maximum Gasteiger partial charge on any atom is 0.269 e. The molecule has 0 aliphatic carbocycles. The lowest BCUT2D eigenvalue weighted by atomic mass is 9.99. The number of carbonyl (C=O) groups is 1. The van der Waals surface area contributed by atoms with Gasteiger partial charge in [-0.1, -0.05) is 13.3 Å². The summed E-state index contributed by atoms with van der Waals surface area (Å²) < 4.78 is 0. The first kappa shape index (κ1) is 20.3. The van der Waals surface area contributed by atoms with Gasteiger partial charge in [0.1, 0.15) is 6.10 Å². The first-order valence-corrected chi connectivity index (χ1v) is 8.91. The molecule has 3 N–H and O–H groups in total. The highest BCUT2D eigenvalue weighted by Gasteiger charge is 2.35. The van der Waals surface area contributed by atoms with Crippen LogP contribution in [0.15, 0.2) is 24.3 Å². The van der Waals surface area contributed by atoms with Crippen LogP contribution >= 0.6 is 0 Å². The summed E-state index contributed by atoms with van der Waals surface area (Å²) in [6.45, 7) is 2.55. The second-order valence-electron chi connectivity index (χ2n) is 6.94. The molecule has 8 nitrogen and oxygen atoms in total. The standard InChI is InChI=1S/C18H27N3O5/c1-3-4-12-9-16(20(2)10-12)18(24)19-15(11-22)17(23)13-5-7-14(8-6-13)21(25)26/h5-8,12,15-17,22-23H,3-4,9-11H2,1-2H3,(H,19,24)/t12-,15-,16+,17-/m1/s1. The largest absolute Gasteiger partial charge is 0.394 e. The highest BCUT2D eigenvalue weighted by atomic mass is 16.6. The van der Waals surface area contributed by atoms with E-state index in [4.69, 9.17) is 0 Å². The molecule has 0 aromatic heterocycles. The SMILES string of the molecule is CCC[C@@H]1C[C@@H](C(=O)N[C@H](CO)[C@H](O)c2ccc([N+](=O)[O-])cc2)N(C)C1. The van der Waals surface area contributed by atoms with Gasteiger partial charge in [-0.25, -0.2) is 0 Å². The molecule has 1 heterocycles. The van der Waals surface area contributed by atoms with Crippen LogP contribution in [0.5, 0.6) is 0 Å². The Morgan fingerprint density at radius 1 is 1.42 bits per heavy atom. The highest BCUT2D eigenvalue weighted by Crippen LogP contribution is 2.26. The molecule has 0 spiro atoms. The molecule has 26 heavy (non-hydrogen) atoms. The molecule has 144 valence electrons. The van der Waals surface area contributed by atoms with Gasteiger partial charge in [-0.3, -0.25) is 19.8 Å². The molecule has 0 unspecified atom stereocenters. The van der Waals surface area contributed by atoms with Gasteiger partial charge in [0.2, 0.25) is 5.91 Å². The van der Waals surface area contributed by atoms with E-state index in [9.17, 15) is 25.1 Å². The van der Waals surface area contributed by atoms with Crippen LogP contribution in [-0.2, 0) is 4.79 Å². The zero-order valence-corrected chi connectivity index (χ0v) is 15.2. The maximum absolute atomic E-state index is 12.6. The van der Waals surface area contributed by atoms with Crippen LogP contribution in [0.3, 0.4) is 0 Å². The van der Waals surface area contributed by atoms with Crippen molar-refractivity contribution in [2.24, 2.45) is 5.92 Å². The number of hydrogen-bond acceptors (Lipinski definition) is 6. The van der Waals surface area contributed by atoms with E-state index < -0.39 is 23.7 Å². The molecule has 1 amide bonds. The molecule has 0 radical (unpaired) electrons. The summed E-state index contributed by atoms with van der Waals surface area (Å²) >= 11 is 0. The third-order valence-electron chi connectivity index (χ3n) is 4.99. The number of hydrogen-bond donors (Lipinski definition) is 3. The Hall–Kier alpha value is -2.03. The number of non-ortho nitro benzene ring substituents is 1. The number of likely N-dealkylation sites (N-methyl/N-ethyl adjacent to an activating group) is 1. The monoisotopic (exact) mass is 365 g/mol. The number of nitrogens with one attached hydrogen (secondary N) is 1. The van der Waals surface area contributed by atoms with Crippen molar-refractivity contribution in [1.82, 2.24) is 10.2 Å². The molecule has 4 atom stereocenters. The van der Waals surface area contributed by atoms with Crippen molar-refractivity contribution >= 4 is 11.6 Å². The van der Waals surface area contributed by atoms with Crippen molar-refractivity contribution in [3.05, 3.63) is 39.9 Å². The van der Waals surface area contributed by atoms with E-state index >= 15 is 0 Å². The van der Waals surface area contributed by atoms with Crippen LogP contribution in [0.2, 0.25) is 0 Å². The van der Waals surface area contributed by atoms with Gasteiger partial charge >= 0.3 is 0 Å². The highest BCUT2D eigenvalue weighted by molar-refractivity contribution is 5.82. The third kappa shape index (κ3) is 4.78. The van der Waals surface area contributed by atoms with Gasteiger partial charge in [0.05, 0.1) is 23.6 Å². The number of aliphatic hydroxyl groups is 2. The van der Waals surface area contributed by atoms with Gasteiger partial charge in [-0.15, -0.1) is 0 Å². The van der Waals surface area contributed by atoms with E-state index in [0.29, 0.717) is 11.5 Å². The molecule has 1 fully saturated rings. The molecule has 2 rings (SSSR count). The van der Waals surface area contributed by atoms with E-state index in [1.165, 1.54) is 24.3 Å². The fraction of sp³-hybridized carbons (Fsp3) is 0.611. The Balaban J connectivity index is 2.01. The minimum absolute atomic E-state index is 0.0833. The van der Waals surface area contributed by atoms with E-state index in [1.807, 2.05) is 11.9 Å². The summed E-state index contributed by atoms with van der Waals surface area (Å²) in [6.07, 6.45) is 1.76. The van der Waals surface area contributed by atoms with E-state index in [2.05, 4.69) is 12.2 Å². The van der Waals surface area contributed by atoms with Crippen LogP contribution in [-0.4, -0.2) is 58.2 Å². The first-order chi connectivity index (χ1) is 12.4. The minimum Gasteiger partial charge on any atom is -0.394 e. The summed E-state index contributed by atoms with van der Waals surface area (Å²) in [4.78, 5) is 24.8. The minimum atomic E-state index is -1.15. The number of carbonyl (C=O) groups excluding carboxylic acids is 1. The van der Waals surface area contributed by atoms with Crippen molar-refractivity contribution in [2.45, 2.75) is 44.4 Å². The van der Waals surface area contributed by atoms with Crippen LogP contribution in [0, 0.1) is 16.0 Å². The quantitative estimate of drug-likeness (QED) is 0.471. The number of rotatable bonds is 8. The Bertz CT molecular complexity index is 622. The predicted molar refractivity (Wildman–Crippen MR) is 96.5 cm³/mol. The number of nitrogens with zero attached hydrogens (tertiary/aromatic N) is 2. The fourth-order valence-corrected chi connectivity index (χ4v) is 3.56. The second-order valence-corrected chi connectivity index (χ2v) is 6.94. The zero-order valence-electron chi connectivity index (χ0n) is 15.2. The molecule has 1 aromatic rings. The predicted octanol–water partition coefficient (Wildman–Crippen LogP) is 1.23. The average Bonchev–Trinajstić information content (AvgIpc) is 2.99. The summed E-state index contributed by atoms with van der Waals surface area (Å²) in [7, 11) is 1.90.